The first kappa shape index (κ1) is 24.3. The number of phenolic OH excluding ortho intramolecular Hbond substituents is 1. The highest BCUT2D eigenvalue weighted by Gasteiger charge is 2.15. The fraction of sp³-hybridized carbons (Fsp3) is 0.0571. The normalized spacial score (nSPS) is 10.9. The SMILES string of the molecule is CCc1ccc(-c2nc(-c3ccc(-c4ccccc4)cc3)nc(-c3ccc(-c4ccccc4)cc3)n2)c(O)c1. The molecule has 6 aromatic rings. The Morgan fingerprint density at radius 3 is 1.31 bits per heavy atom. The van der Waals surface area contributed by atoms with E-state index in [0.717, 1.165) is 45.4 Å². The third-order valence-corrected chi connectivity index (χ3v) is 6.85. The lowest BCUT2D eigenvalue weighted by atomic mass is 10.0. The molecule has 0 aliphatic heterocycles. The van der Waals surface area contributed by atoms with Crippen molar-refractivity contribution in [1.82, 2.24) is 15.0 Å². The number of aryl methyl sites for hydroxylation is 1. The molecule has 39 heavy (non-hydrogen) atoms. The molecule has 1 heterocycles. The van der Waals surface area contributed by atoms with E-state index in [9.17, 15) is 5.11 Å². The van der Waals surface area contributed by atoms with Crippen LogP contribution in [0.2, 0.25) is 0 Å². The fourth-order valence-corrected chi connectivity index (χ4v) is 4.63. The molecule has 0 bridgehead atoms. The number of aromatic nitrogens is 3. The lowest BCUT2D eigenvalue weighted by molar-refractivity contribution is 0.476. The summed E-state index contributed by atoms with van der Waals surface area (Å²) in [6.45, 7) is 2.06. The average Bonchev–Trinajstić information content (AvgIpc) is 3.02. The van der Waals surface area contributed by atoms with Gasteiger partial charge in [0.25, 0.3) is 0 Å². The first-order valence-corrected chi connectivity index (χ1v) is 13.1. The van der Waals surface area contributed by atoms with Crippen molar-refractivity contribution in [3.8, 4) is 62.2 Å². The smallest absolute Gasteiger partial charge is 0.167 e. The molecular formula is C35H27N3O. The Bertz CT molecular complexity index is 1610. The molecule has 1 N–H and O–H groups in total. The molecule has 0 amide bonds. The van der Waals surface area contributed by atoms with Gasteiger partial charge in [-0.05, 0) is 46.4 Å². The number of hydrogen-bond donors (Lipinski definition) is 1. The van der Waals surface area contributed by atoms with E-state index in [0.29, 0.717) is 23.0 Å². The topological polar surface area (TPSA) is 58.9 Å². The zero-order valence-corrected chi connectivity index (χ0v) is 21.6. The summed E-state index contributed by atoms with van der Waals surface area (Å²) in [6, 6.07) is 42.6. The standard InChI is InChI=1S/C35H27N3O/c1-2-24-13-22-31(32(39)23-24)35-37-33(29-18-14-27(15-19-29)25-9-5-3-6-10-25)36-34(38-35)30-20-16-28(17-21-30)26-11-7-4-8-12-26/h3-23,39H,2H2,1H3. The predicted octanol–water partition coefficient (Wildman–Crippen LogP) is 8.47. The second-order valence-electron chi connectivity index (χ2n) is 9.40. The van der Waals surface area contributed by atoms with Crippen molar-refractivity contribution >= 4 is 0 Å². The van der Waals surface area contributed by atoms with Crippen molar-refractivity contribution < 1.29 is 5.11 Å². The molecule has 6 rings (SSSR count). The lowest BCUT2D eigenvalue weighted by Crippen LogP contribution is -2.00. The van der Waals surface area contributed by atoms with E-state index < -0.39 is 0 Å². The molecule has 0 aliphatic rings. The largest absolute Gasteiger partial charge is 0.507 e. The molecule has 1 aromatic heterocycles. The lowest BCUT2D eigenvalue weighted by Gasteiger charge is -2.11. The summed E-state index contributed by atoms with van der Waals surface area (Å²) < 4.78 is 0. The second kappa shape index (κ2) is 10.7. The third kappa shape index (κ3) is 5.18. The van der Waals surface area contributed by atoms with Crippen LogP contribution in [0.1, 0.15) is 12.5 Å². The van der Waals surface area contributed by atoms with Crippen molar-refractivity contribution in [1.29, 1.82) is 0 Å². The number of aromatic hydroxyl groups is 1. The molecule has 0 fully saturated rings. The highest BCUT2D eigenvalue weighted by Crippen LogP contribution is 2.32. The van der Waals surface area contributed by atoms with E-state index in [1.165, 1.54) is 0 Å². The van der Waals surface area contributed by atoms with Gasteiger partial charge in [0.1, 0.15) is 5.75 Å². The summed E-state index contributed by atoms with van der Waals surface area (Å²) in [5.74, 6) is 1.71. The summed E-state index contributed by atoms with van der Waals surface area (Å²) >= 11 is 0. The van der Waals surface area contributed by atoms with Crippen LogP contribution in [0.3, 0.4) is 0 Å². The van der Waals surface area contributed by atoms with Crippen molar-refractivity contribution in [2.24, 2.45) is 0 Å². The Kier molecular flexibility index (Phi) is 6.67. The van der Waals surface area contributed by atoms with Crippen LogP contribution < -0.4 is 0 Å². The van der Waals surface area contributed by atoms with Gasteiger partial charge in [0.2, 0.25) is 0 Å². The molecule has 5 aromatic carbocycles. The molecule has 0 spiro atoms. The predicted molar refractivity (Wildman–Crippen MR) is 158 cm³/mol. The molecular weight excluding hydrogens is 478 g/mol. The van der Waals surface area contributed by atoms with Gasteiger partial charge < -0.3 is 5.11 Å². The Hall–Kier alpha value is -5.09. The van der Waals surface area contributed by atoms with Gasteiger partial charge in [0, 0.05) is 11.1 Å². The van der Waals surface area contributed by atoms with Gasteiger partial charge in [0.15, 0.2) is 17.5 Å². The molecule has 0 unspecified atom stereocenters. The highest BCUT2D eigenvalue weighted by molar-refractivity contribution is 5.73. The van der Waals surface area contributed by atoms with Gasteiger partial charge in [-0.1, -0.05) is 122 Å². The Labute approximate surface area is 228 Å². The monoisotopic (exact) mass is 505 g/mol. The molecule has 0 saturated carbocycles. The van der Waals surface area contributed by atoms with Crippen LogP contribution in [0, 0.1) is 0 Å². The molecule has 188 valence electrons. The zero-order valence-electron chi connectivity index (χ0n) is 21.6. The van der Waals surface area contributed by atoms with E-state index >= 15 is 0 Å². The highest BCUT2D eigenvalue weighted by atomic mass is 16.3. The van der Waals surface area contributed by atoms with Gasteiger partial charge >= 0.3 is 0 Å². The molecule has 0 atom stereocenters. The maximum atomic E-state index is 10.8. The van der Waals surface area contributed by atoms with Gasteiger partial charge in [-0.2, -0.15) is 0 Å². The molecule has 4 nitrogen and oxygen atoms in total. The van der Waals surface area contributed by atoms with E-state index in [-0.39, 0.29) is 5.75 Å². The maximum Gasteiger partial charge on any atom is 0.167 e. The van der Waals surface area contributed by atoms with Crippen molar-refractivity contribution in [2.45, 2.75) is 13.3 Å². The van der Waals surface area contributed by atoms with Crippen molar-refractivity contribution in [2.75, 3.05) is 0 Å². The van der Waals surface area contributed by atoms with Crippen LogP contribution in [0.4, 0.5) is 0 Å². The number of hydrogen-bond acceptors (Lipinski definition) is 4. The average molecular weight is 506 g/mol. The summed E-state index contributed by atoms with van der Waals surface area (Å²) in [6.07, 6.45) is 0.836. The van der Waals surface area contributed by atoms with E-state index in [1.54, 1.807) is 6.07 Å². The number of nitrogens with zero attached hydrogens (tertiary/aromatic N) is 3. The molecule has 0 aliphatic carbocycles. The van der Waals surface area contributed by atoms with Gasteiger partial charge in [-0.3, -0.25) is 0 Å². The summed E-state index contributed by atoms with van der Waals surface area (Å²) in [5.41, 5.74) is 7.95. The van der Waals surface area contributed by atoms with Crippen LogP contribution in [-0.2, 0) is 6.42 Å². The third-order valence-electron chi connectivity index (χ3n) is 6.85. The second-order valence-corrected chi connectivity index (χ2v) is 9.40. The van der Waals surface area contributed by atoms with E-state index in [1.807, 2.05) is 72.8 Å². The number of rotatable bonds is 6. The first-order valence-electron chi connectivity index (χ1n) is 13.1. The Morgan fingerprint density at radius 2 is 0.872 bits per heavy atom. The summed E-state index contributed by atoms with van der Waals surface area (Å²) in [5, 5.41) is 10.8. The number of benzene rings is 5. The van der Waals surface area contributed by atoms with Gasteiger partial charge in [0.05, 0.1) is 5.56 Å². The number of phenols is 1. The van der Waals surface area contributed by atoms with Crippen LogP contribution >= 0.6 is 0 Å². The van der Waals surface area contributed by atoms with Crippen molar-refractivity contribution in [3.63, 3.8) is 0 Å². The zero-order chi connectivity index (χ0) is 26.6. The minimum absolute atomic E-state index is 0.163. The van der Waals surface area contributed by atoms with Crippen molar-refractivity contribution in [3.05, 3.63) is 133 Å². The molecule has 0 radical (unpaired) electrons. The van der Waals surface area contributed by atoms with Crippen LogP contribution in [0.15, 0.2) is 127 Å². The fourth-order valence-electron chi connectivity index (χ4n) is 4.63. The minimum Gasteiger partial charge on any atom is -0.507 e. The minimum atomic E-state index is 0.163. The van der Waals surface area contributed by atoms with E-state index in [2.05, 4.69) is 55.5 Å². The van der Waals surface area contributed by atoms with Crippen LogP contribution in [-0.4, -0.2) is 20.1 Å². The summed E-state index contributed by atoms with van der Waals surface area (Å²) in [7, 11) is 0. The Balaban J connectivity index is 1.44. The van der Waals surface area contributed by atoms with Crippen LogP contribution in [0.25, 0.3) is 56.4 Å². The maximum absolute atomic E-state index is 10.8. The van der Waals surface area contributed by atoms with E-state index in [4.69, 9.17) is 15.0 Å². The summed E-state index contributed by atoms with van der Waals surface area (Å²) in [4.78, 5) is 14.5. The van der Waals surface area contributed by atoms with Gasteiger partial charge in [-0.15, -0.1) is 0 Å². The van der Waals surface area contributed by atoms with Gasteiger partial charge in [-0.25, -0.2) is 15.0 Å². The quantitative estimate of drug-likeness (QED) is 0.247. The molecule has 4 heteroatoms. The molecule has 0 saturated heterocycles. The van der Waals surface area contributed by atoms with Crippen LogP contribution in [0.5, 0.6) is 5.75 Å². The first-order chi connectivity index (χ1) is 19.2. The Morgan fingerprint density at radius 1 is 0.462 bits per heavy atom.